The topological polar surface area (TPSA) is 52.2 Å². The van der Waals surface area contributed by atoms with Crippen molar-refractivity contribution in [3.05, 3.63) is 41.7 Å². The molecule has 3 rings (SSSR count). The molecule has 5 nitrogen and oxygen atoms in total. The molecule has 0 radical (unpaired) electrons. The summed E-state index contributed by atoms with van der Waals surface area (Å²) in [6.45, 7) is 0. The van der Waals surface area contributed by atoms with Crippen molar-refractivity contribution < 1.29 is 4.79 Å². The maximum absolute atomic E-state index is 11.9. The number of nitrogens with zero attached hydrogens (tertiary/aromatic N) is 4. The van der Waals surface area contributed by atoms with Crippen molar-refractivity contribution in [3.8, 4) is 0 Å². The first-order valence-electron chi connectivity index (χ1n) is 5.14. The maximum Gasteiger partial charge on any atom is 0.193 e. The SMILES string of the molecule is Cn1cnc(C(=O)Cc2cn3ccsc3n2)c1. The van der Waals surface area contributed by atoms with E-state index in [1.807, 2.05) is 29.2 Å². The molecule has 3 aromatic heterocycles. The second-order valence-corrected chi connectivity index (χ2v) is 4.72. The molecule has 0 amide bonds. The number of carbonyl (C=O) groups excluding carboxylic acids is 1. The molecule has 17 heavy (non-hydrogen) atoms. The van der Waals surface area contributed by atoms with Crippen molar-refractivity contribution in [1.29, 1.82) is 0 Å². The molecule has 0 saturated carbocycles. The van der Waals surface area contributed by atoms with Gasteiger partial charge in [0.05, 0.1) is 18.4 Å². The van der Waals surface area contributed by atoms with E-state index in [-0.39, 0.29) is 5.78 Å². The van der Waals surface area contributed by atoms with Crippen molar-refractivity contribution in [1.82, 2.24) is 18.9 Å². The number of Topliss-reactive ketones (excluding diaryl/α,β-unsaturated/α-hetero) is 1. The molecule has 0 N–H and O–H groups in total. The van der Waals surface area contributed by atoms with Gasteiger partial charge in [0, 0.05) is 31.0 Å². The first-order chi connectivity index (χ1) is 8.22. The standard InChI is InChI=1S/C11H10N4OS/c1-14-6-9(12-7-14)10(16)4-8-5-15-2-3-17-11(15)13-8/h2-3,5-7H,4H2,1H3. The van der Waals surface area contributed by atoms with Gasteiger partial charge in [-0.2, -0.15) is 0 Å². The number of rotatable bonds is 3. The Bertz CT molecular complexity index is 650. The Balaban J connectivity index is 1.83. The van der Waals surface area contributed by atoms with E-state index in [4.69, 9.17) is 0 Å². The second kappa shape index (κ2) is 3.81. The van der Waals surface area contributed by atoms with Crippen molar-refractivity contribution in [2.75, 3.05) is 0 Å². The quantitative estimate of drug-likeness (QED) is 0.659. The molecular formula is C11H10N4OS. The minimum atomic E-state index is -0.00338. The summed E-state index contributed by atoms with van der Waals surface area (Å²) in [6, 6.07) is 0. The Morgan fingerprint density at radius 1 is 1.47 bits per heavy atom. The number of hydrogen-bond donors (Lipinski definition) is 0. The molecule has 3 heterocycles. The number of aromatic nitrogens is 4. The molecule has 0 aliphatic rings. The van der Waals surface area contributed by atoms with Crippen LogP contribution in [-0.2, 0) is 13.5 Å². The number of imidazole rings is 2. The van der Waals surface area contributed by atoms with E-state index in [2.05, 4.69) is 9.97 Å². The maximum atomic E-state index is 11.9. The Kier molecular flexibility index (Phi) is 2.29. The van der Waals surface area contributed by atoms with Crippen LogP contribution in [0.1, 0.15) is 16.2 Å². The summed E-state index contributed by atoms with van der Waals surface area (Å²) < 4.78 is 3.69. The zero-order valence-corrected chi connectivity index (χ0v) is 10.0. The molecule has 0 aromatic carbocycles. The lowest BCUT2D eigenvalue weighted by atomic mass is 10.2. The van der Waals surface area contributed by atoms with Crippen LogP contribution in [0.4, 0.5) is 0 Å². The van der Waals surface area contributed by atoms with E-state index < -0.39 is 0 Å². The summed E-state index contributed by atoms with van der Waals surface area (Å²) in [7, 11) is 1.84. The first kappa shape index (κ1) is 10.2. The van der Waals surface area contributed by atoms with Crippen LogP contribution in [0, 0.1) is 0 Å². The second-order valence-electron chi connectivity index (χ2n) is 3.85. The average Bonchev–Trinajstić information content (AvgIpc) is 2.92. The van der Waals surface area contributed by atoms with Crippen LogP contribution in [0.5, 0.6) is 0 Å². The summed E-state index contributed by atoms with van der Waals surface area (Å²) in [5, 5.41) is 1.96. The van der Waals surface area contributed by atoms with Crippen LogP contribution in [-0.4, -0.2) is 24.7 Å². The van der Waals surface area contributed by atoms with Gasteiger partial charge in [-0.25, -0.2) is 9.97 Å². The number of ketones is 1. The normalized spacial score (nSPS) is 11.1. The van der Waals surface area contributed by atoms with Gasteiger partial charge in [0.25, 0.3) is 0 Å². The molecular weight excluding hydrogens is 236 g/mol. The minimum Gasteiger partial charge on any atom is -0.340 e. The molecule has 86 valence electrons. The molecule has 0 saturated heterocycles. The van der Waals surface area contributed by atoms with Gasteiger partial charge in [0.15, 0.2) is 10.7 Å². The number of thiazole rings is 1. The summed E-state index contributed by atoms with van der Waals surface area (Å²) >= 11 is 1.56. The molecule has 0 fully saturated rings. The van der Waals surface area contributed by atoms with Crippen molar-refractivity contribution in [3.63, 3.8) is 0 Å². The molecule has 6 heteroatoms. The van der Waals surface area contributed by atoms with Gasteiger partial charge in [0.1, 0.15) is 5.69 Å². The third-order valence-electron chi connectivity index (χ3n) is 2.48. The smallest absolute Gasteiger partial charge is 0.193 e. The van der Waals surface area contributed by atoms with Gasteiger partial charge in [-0.15, -0.1) is 11.3 Å². The fourth-order valence-electron chi connectivity index (χ4n) is 1.67. The third kappa shape index (κ3) is 1.87. The van der Waals surface area contributed by atoms with Gasteiger partial charge in [0.2, 0.25) is 0 Å². The fraction of sp³-hybridized carbons (Fsp3) is 0.182. The lowest BCUT2D eigenvalue weighted by Crippen LogP contribution is -2.04. The van der Waals surface area contributed by atoms with Crippen molar-refractivity contribution in [2.24, 2.45) is 7.05 Å². The van der Waals surface area contributed by atoms with E-state index in [1.54, 1.807) is 28.4 Å². The number of aryl methyl sites for hydroxylation is 1. The van der Waals surface area contributed by atoms with Crippen LogP contribution in [0.25, 0.3) is 4.96 Å². The van der Waals surface area contributed by atoms with Crippen LogP contribution in [0.2, 0.25) is 0 Å². The lowest BCUT2D eigenvalue weighted by molar-refractivity contribution is 0.0987. The van der Waals surface area contributed by atoms with E-state index >= 15 is 0 Å². The number of carbonyl (C=O) groups is 1. The van der Waals surface area contributed by atoms with E-state index in [0.717, 1.165) is 10.7 Å². The fourth-order valence-corrected chi connectivity index (χ4v) is 2.39. The largest absolute Gasteiger partial charge is 0.340 e. The Morgan fingerprint density at radius 3 is 3.06 bits per heavy atom. The van der Waals surface area contributed by atoms with Crippen LogP contribution < -0.4 is 0 Å². The zero-order valence-electron chi connectivity index (χ0n) is 9.20. The summed E-state index contributed by atoms with van der Waals surface area (Å²) in [6.07, 6.45) is 7.46. The van der Waals surface area contributed by atoms with Gasteiger partial charge in [-0.3, -0.25) is 9.20 Å². The highest BCUT2D eigenvalue weighted by Crippen LogP contribution is 2.12. The molecule has 3 aromatic rings. The Hall–Kier alpha value is -1.95. The highest BCUT2D eigenvalue weighted by molar-refractivity contribution is 7.15. The molecule has 0 unspecified atom stereocenters. The average molecular weight is 246 g/mol. The highest BCUT2D eigenvalue weighted by Gasteiger charge is 2.12. The zero-order chi connectivity index (χ0) is 11.8. The lowest BCUT2D eigenvalue weighted by Gasteiger charge is -1.92. The third-order valence-corrected chi connectivity index (χ3v) is 3.25. The molecule has 0 bridgehead atoms. The summed E-state index contributed by atoms with van der Waals surface area (Å²) in [4.78, 5) is 21.2. The van der Waals surface area contributed by atoms with Crippen molar-refractivity contribution >= 4 is 22.1 Å². The molecule has 0 spiro atoms. The highest BCUT2D eigenvalue weighted by atomic mass is 32.1. The van der Waals surface area contributed by atoms with Gasteiger partial charge >= 0.3 is 0 Å². The minimum absolute atomic E-state index is 0.00338. The summed E-state index contributed by atoms with van der Waals surface area (Å²) in [5.41, 5.74) is 1.27. The van der Waals surface area contributed by atoms with Gasteiger partial charge in [-0.05, 0) is 0 Å². The van der Waals surface area contributed by atoms with E-state index in [0.29, 0.717) is 12.1 Å². The predicted molar refractivity (Wildman–Crippen MR) is 64.3 cm³/mol. The predicted octanol–water partition coefficient (Wildman–Crippen LogP) is 1.55. The Labute approximate surface area is 101 Å². The number of fused-ring (bicyclic) bond motifs is 1. The first-order valence-corrected chi connectivity index (χ1v) is 6.02. The van der Waals surface area contributed by atoms with Crippen LogP contribution in [0.3, 0.4) is 0 Å². The molecule has 0 aliphatic carbocycles. The van der Waals surface area contributed by atoms with Gasteiger partial charge < -0.3 is 4.57 Å². The van der Waals surface area contributed by atoms with Crippen molar-refractivity contribution in [2.45, 2.75) is 6.42 Å². The summed E-state index contributed by atoms with van der Waals surface area (Å²) in [5.74, 6) is -0.00338. The monoisotopic (exact) mass is 246 g/mol. The van der Waals surface area contributed by atoms with Gasteiger partial charge in [-0.1, -0.05) is 0 Å². The number of hydrogen-bond acceptors (Lipinski definition) is 4. The molecule has 0 atom stereocenters. The van der Waals surface area contributed by atoms with Crippen LogP contribution >= 0.6 is 11.3 Å². The van der Waals surface area contributed by atoms with Crippen LogP contribution in [0.15, 0.2) is 30.3 Å². The Morgan fingerprint density at radius 2 is 2.35 bits per heavy atom. The van der Waals surface area contributed by atoms with E-state index in [9.17, 15) is 4.79 Å². The molecule has 0 aliphatic heterocycles. The van der Waals surface area contributed by atoms with E-state index in [1.165, 1.54) is 0 Å².